The lowest BCUT2D eigenvalue weighted by Crippen LogP contribution is -2.34. The van der Waals surface area contributed by atoms with E-state index in [2.05, 4.69) is 26.1 Å². The Bertz CT molecular complexity index is 674. The van der Waals surface area contributed by atoms with Crippen molar-refractivity contribution in [2.24, 2.45) is 0 Å². The number of hydrogen-bond acceptors (Lipinski definition) is 2. The Morgan fingerprint density at radius 2 is 2.05 bits per heavy atom. The number of imidazole rings is 1. The van der Waals surface area contributed by atoms with Crippen molar-refractivity contribution < 1.29 is 8.87 Å². The number of nitriles is 1. The molecule has 0 saturated carbocycles. The first-order valence-electron chi connectivity index (χ1n) is 6.36. The summed E-state index contributed by atoms with van der Waals surface area (Å²) in [6.45, 7) is 2.67. The fraction of sp³-hybridized carbons (Fsp3) is 0.333. The van der Waals surface area contributed by atoms with Crippen molar-refractivity contribution in [3.63, 3.8) is 0 Å². The summed E-state index contributed by atoms with van der Waals surface area (Å²) in [4.78, 5) is 4.30. The molecule has 0 aliphatic carbocycles. The van der Waals surface area contributed by atoms with Crippen molar-refractivity contribution in [2.45, 2.75) is 13.5 Å². The summed E-state index contributed by atoms with van der Waals surface area (Å²) in [5, 5.41) is 9.16. The van der Waals surface area contributed by atoms with Gasteiger partial charge >= 0.3 is 0 Å². The second-order valence-electron chi connectivity index (χ2n) is 5.84. The monoisotopic (exact) mass is 273 g/mol. The van der Waals surface area contributed by atoms with E-state index >= 15 is 0 Å². The highest BCUT2D eigenvalue weighted by molar-refractivity contribution is 5.50. The van der Waals surface area contributed by atoms with Gasteiger partial charge in [0, 0.05) is 0 Å². The van der Waals surface area contributed by atoms with E-state index in [1.807, 2.05) is 13.0 Å². The highest BCUT2D eigenvalue weighted by Crippen LogP contribution is 2.22. The molecule has 0 aliphatic rings. The number of nitrogens with zero attached hydrogens (tertiary/aromatic N) is 4. The summed E-state index contributed by atoms with van der Waals surface area (Å²) in [6.07, 6.45) is 1.65. The molecule has 20 heavy (non-hydrogen) atoms. The van der Waals surface area contributed by atoms with Crippen molar-refractivity contribution in [3.8, 4) is 11.8 Å². The number of quaternary nitrogens is 1. The Balaban J connectivity index is 2.61. The van der Waals surface area contributed by atoms with Gasteiger partial charge in [0.25, 0.3) is 0 Å². The smallest absolute Gasteiger partial charge is 0.143 e. The number of rotatable bonds is 3. The van der Waals surface area contributed by atoms with Crippen LogP contribution in [0.4, 0.5) is 4.39 Å². The first-order chi connectivity index (χ1) is 9.33. The molecule has 0 fully saturated rings. The summed E-state index contributed by atoms with van der Waals surface area (Å²) in [7, 11) is 6.23. The molecule has 1 aromatic heterocycles. The van der Waals surface area contributed by atoms with Gasteiger partial charge in [0.15, 0.2) is 0 Å². The fourth-order valence-corrected chi connectivity index (χ4v) is 2.13. The average Bonchev–Trinajstić information content (AvgIpc) is 2.69. The summed E-state index contributed by atoms with van der Waals surface area (Å²) in [5.74, 6) is -0.507. The fourth-order valence-electron chi connectivity index (χ4n) is 2.13. The van der Waals surface area contributed by atoms with Crippen molar-refractivity contribution in [2.75, 3.05) is 21.1 Å². The van der Waals surface area contributed by atoms with Crippen LogP contribution in [0.2, 0.25) is 0 Å². The molecule has 0 radical (unpaired) electrons. The molecule has 0 unspecified atom stereocenters. The van der Waals surface area contributed by atoms with Crippen molar-refractivity contribution in [1.29, 1.82) is 5.26 Å². The highest BCUT2D eigenvalue weighted by Gasteiger charge is 2.19. The molecule has 1 heterocycles. The molecule has 104 valence electrons. The standard InChI is InChI=1S/C15H18FN4/c1-11-15(9-20(2,3)4)19(10-18-11)14-7-5-6-13(16)12(14)8-17/h5-7,10H,9H2,1-4H3/q+1. The minimum absolute atomic E-state index is 0.0487. The molecule has 0 atom stereocenters. The maximum atomic E-state index is 13.8. The van der Waals surface area contributed by atoms with Gasteiger partial charge in [-0.15, -0.1) is 0 Å². The van der Waals surface area contributed by atoms with E-state index in [0.717, 1.165) is 22.4 Å². The molecule has 1 aromatic carbocycles. The Hall–Kier alpha value is -2.19. The normalized spacial score (nSPS) is 11.4. The zero-order valence-electron chi connectivity index (χ0n) is 12.2. The maximum Gasteiger partial charge on any atom is 0.143 e. The molecule has 5 heteroatoms. The lowest BCUT2D eigenvalue weighted by molar-refractivity contribution is -0.884. The van der Waals surface area contributed by atoms with Crippen LogP contribution in [0.5, 0.6) is 0 Å². The van der Waals surface area contributed by atoms with Crippen LogP contribution in [-0.2, 0) is 6.54 Å². The Kier molecular flexibility index (Phi) is 3.60. The molecule has 2 rings (SSSR count). The summed E-state index contributed by atoms with van der Waals surface area (Å²) in [5.41, 5.74) is 2.47. The molecule has 2 aromatic rings. The molecule has 0 saturated heterocycles. The number of aromatic nitrogens is 2. The van der Waals surface area contributed by atoms with E-state index < -0.39 is 5.82 Å². The summed E-state index contributed by atoms with van der Waals surface area (Å²) < 4.78 is 16.3. The second-order valence-corrected chi connectivity index (χ2v) is 5.84. The van der Waals surface area contributed by atoms with Crippen molar-refractivity contribution in [1.82, 2.24) is 9.55 Å². The number of hydrogen-bond donors (Lipinski definition) is 0. The van der Waals surface area contributed by atoms with Gasteiger partial charge in [0.1, 0.15) is 29.7 Å². The quantitative estimate of drug-likeness (QED) is 0.806. The van der Waals surface area contributed by atoms with Crippen LogP contribution in [-0.4, -0.2) is 35.2 Å². The van der Waals surface area contributed by atoms with Gasteiger partial charge in [-0.1, -0.05) is 6.07 Å². The first kappa shape index (κ1) is 14.2. The Morgan fingerprint density at radius 1 is 1.35 bits per heavy atom. The van der Waals surface area contributed by atoms with Gasteiger partial charge in [-0.2, -0.15) is 5.26 Å². The summed E-state index contributed by atoms with van der Waals surface area (Å²) in [6, 6.07) is 6.58. The summed E-state index contributed by atoms with van der Waals surface area (Å²) >= 11 is 0. The number of aryl methyl sites for hydroxylation is 1. The molecule has 0 bridgehead atoms. The van der Waals surface area contributed by atoms with Crippen LogP contribution >= 0.6 is 0 Å². The average molecular weight is 273 g/mol. The Labute approximate surface area is 118 Å². The van der Waals surface area contributed by atoms with Crippen LogP contribution in [0.1, 0.15) is 17.0 Å². The molecular weight excluding hydrogens is 255 g/mol. The van der Waals surface area contributed by atoms with E-state index in [-0.39, 0.29) is 5.56 Å². The van der Waals surface area contributed by atoms with Crippen LogP contribution in [0.25, 0.3) is 5.69 Å². The second kappa shape index (κ2) is 5.06. The SMILES string of the molecule is Cc1ncn(-c2cccc(F)c2C#N)c1C[N+](C)(C)C. The van der Waals surface area contributed by atoms with Gasteiger partial charge in [0.05, 0.1) is 38.9 Å². The third kappa shape index (κ3) is 2.70. The van der Waals surface area contributed by atoms with Crippen molar-refractivity contribution in [3.05, 3.63) is 47.3 Å². The number of benzene rings is 1. The van der Waals surface area contributed by atoms with Gasteiger partial charge in [-0.3, -0.25) is 4.57 Å². The Morgan fingerprint density at radius 3 is 2.65 bits per heavy atom. The molecule has 0 N–H and O–H groups in total. The minimum atomic E-state index is -0.507. The highest BCUT2D eigenvalue weighted by atomic mass is 19.1. The molecule has 0 aliphatic heterocycles. The predicted octanol–water partition coefficient (Wildman–Crippen LogP) is 2.40. The van der Waals surface area contributed by atoms with E-state index in [1.54, 1.807) is 23.0 Å². The lowest BCUT2D eigenvalue weighted by Gasteiger charge is -2.25. The largest absolute Gasteiger partial charge is 0.326 e. The molecular formula is C15H18FN4+. The van der Waals surface area contributed by atoms with Gasteiger partial charge in [0.2, 0.25) is 0 Å². The van der Waals surface area contributed by atoms with Crippen LogP contribution in [0.3, 0.4) is 0 Å². The zero-order chi connectivity index (χ0) is 14.9. The third-order valence-corrected chi connectivity index (χ3v) is 3.06. The van der Waals surface area contributed by atoms with E-state index in [4.69, 9.17) is 5.26 Å². The van der Waals surface area contributed by atoms with Crippen molar-refractivity contribution >= 4 is 0 Å². The van der Waals surface area contributed by atoms with Gasteiger partial charge in [-0.05, 0) is 19.1 Å². The maximum absolute atomic E-state index is 13.8. The molecule has 4 nitrogen and oxygen atoms in total. The van der Waals surface area contributed by atoms with E-state index in [1.165, 1.54) is 6.07 Å². The lowest BCUT2D eigenvalue weighted by atomic mass is 10.1. The topological polar surface area (TPSA) is 41.6 Å². The van der Waals surface area contributed by atoms with Gasteiger partial charge < -0.3 is 4.48 Å². The molecule has 0 amide bonds. The zero-order valence-corrected chi connectivity index (χ0v) is 12.2. The first-order valence-corrected chi connectivity index (χ1v) is 6.36. The van der Waals surface area contributed by atoms with Gasteiger partial charge in [-0.25, -0.2) is 9.37 Å². The van der Waals surface area contributed by atoms with Crippen LogP contribution in [0.15, 0.2) is 24.5 Å². The third-order valence-electron chi connectivity index (χ3n) is 3.06. The van der Waals surface area contributed by atoms with E-state index in [9.17, 15) is 4.39 Å². The molecule has 0 spiro atoms. The number of halogens is 1. The van der Waals surface area contributed by atoms with Crippen LogP contribution < -0.4 is 0 Å². The minimum Gasteiger partial charge on any atom is -0.326 e. The van der Waals surface area contributed by atoms with Crippen LogP contribution in [0, 0.1) is 24.1 Å². The van der Waals surface area contributed by atoms with E-state index in [0.29, 0.717) is 5.69 Å². The predicted molar refractivity (Wildman–Crippen MR) is 74.7 cm³/mol.